The van der Waals surface area contributed by atoms with E-state index < -0.39 is 28.6 Å². The molecule has 0 aromatic heterocycles. The van der Waals surface area contributed by atoms with Gasteiger partial charge in [0.05, 0.1) is 71.2 Å². The van der Waals surface area contributed by atoms with Crippen molar-refractivity contribution in [3.05, 3.63) is 54.6 Å². The molecule has 0 aliphatic heterocycles. The molecule has 6 nitrogen and oxygen atoms in total. The summed E-state index contributed by atoms with van der Waals surface area (Å²) in [5.74, 6) is 5.14. The van der Waals surface area contributed by atoms with Crippen LogP contribution in [0.1, 0.15) is 20.8 Å². The van der Waals surface area contributed by atoms with Gasteiger partial charge in [-0.25, -0.2) is 0 Å². The average Bonchev–Trinajstić information content (AvgIpc) is 2.99. The van der Waals surface area contributed by atoms with E-state index in [4.69, 9.17) is 28.4 Å². The van der Waals surface area contributed by atoms with Crippen molar-refractivity contribution in [2.75, 3.05) is 42.7 Å². The molecule has 41 heavy (non-hydrogen) atoms. The van der Waals surface area contributed by atoms with Crippen molar-refractivity contribution >= 4 is 54.4 Å². The molecular formula is C31H48O6Si4. The summed E-state index contributed by atoms with van der Waals surface area (Å²) in [7, 11) is 9.34. The highest BCUT2D eigenvalue weighted by Gasteiger charge is 2.42. The van der Waals surface area contributed by atoms with Crippen molar-refractivity contribution < 1.29 is 28.4 Å². The zero-order chi connectivity index (χ0) is 30.2. The second kappa shape index (κ2) is 15.0. The molecule has 3 unspecified atom stereocenters. The molecule has 10 heteroatoms. The van der Waals surface area contributed by atoms with E-state index in [0.717, 1.165) is 44.7 Å². The third-order valence-corrected chi connectivity index (χ3v) is 22.1. The summed E-state index contributed by atoms with van der Waals surface area (Å²) in [4.78, 5) is 0. The van der Waals surface area contributed by atoms with Gasteiger partial charge in [0.1, 0.15) is 0 Å². The quantitative estimate of drug-likeness (QED) is 0.238. The fourth-order valence-electron chi connectivity index (χ4n) is 6.45. The van der Waals surface area contributed by atoms with Gasteiger partial charge in [-0.2, -0.15) is 0 Å². The molecule has 3 atom stereocenters. The van der Waals surface area contributed by atoms with Crippen molar-refractivity contribution in [1.29, 1.82) is 0 Å². The van der Waals surface area contributed by atoms with Gasteiger partial charge in [0.25, 0.3) is 0 Å². The molecule has 0 spiro atoms. The van der Waals surface area contributed by atoms with Crippen molar-refractivity contribution in [3.63, 3.8) is 0 Å². The van der Waals surface area contributed by atoms with Crippen LogP contribution in [0.5, 0.6) is 34.5 Å². The van der Waals surface area contributed by atoms with Gasteiger partial charge in [0.15, 0.2) is 34.5 Å². The molecule has 0 fully saturated rings. The maximum Gasteiger partial charge on any atom is 0.160 e. The summed E-state index contributed by atoms with van der Waals surface area (Å²) in [5, 5.41) is 4.22. The van der Waals surface area contributed by atoms with Crippen LogP contribution < -0.4 is 44.0 Å². The summed E-state index contributed by atoms with van der Waals surface area (Å²) >= 11 is 0. The van der Waals surface area contributed by atoms with E-state index in [0.29, 0.717) is 16.6 Å². The van der Waals surface area contributed by atoms with E-state index in [9.17, 15) is 0 Å². The van der Waals surface area contributed by atoms with Crippen LogP contribution in [0.3, 0.4) is 0 Å². The largest absolute Gasteiger partial charge is 0.493 e. The Morgan fingerprint density at radius 2 is 0.756 bits per heavy atom. The molecule has 0 radical (unpaired) electrons. The van der Waals surface area contributed by atoms with Crippen LogP contribution in [0.4, 0.5) is 0 Å². The van der Waals surface area contributed by atoms with Crippen LogP contribution in [0.15, 0.2) is 54.6 Å². The summed E-state index contributed by atoms with van der Waals surface area (Å²) in [5.41, 5.74) is 1.69. The highest BCUT2D eigenvalue weighted by Crippen LogP contribution is 2.56. The van der Waals surface area contributed by atoms with E-state index in [1.807, 2.05) is 18.2 Å². The van der Waals surface area contributed by atoms with Gasteiger partial charge in [-0.3, -0.25) is 0 Å². The van der Waals surface area contributed by atoms with E-state index in [1.54, 1.807) is 42.7 Å². The standard InChI is InChI=1S/C31H48O6Si4/c1-19(39-25-16-10-13-22(32-4)28(25)35-7)31(38,20(2)40-26-17-11-14-23(33-5)29(26)36-8)21(3)41-27-18-12-15-24(34-6)30(27)37-9/h10-21H,39-41H2,1-9,38H3. The molecule has 0 saturated carbocycles. The number of methoxy groups -OCH3 is 6. The Labute approximate surface area is 256 Å². The maximum atomic E-state index is 5.88. The Morgan fingerprint density at radius 3 is 0.976 bits per heavy atom. The lowest BCUT2D eigenvalue weighted by Gasteiger charge is -2.46. The third-order valence-electron chi connectivity index (χ3n) is 9.22. The summed E-state index contributed by atoms with van der Waals surface area (Å²) in [6.45, 7) is 7.50. The van der Waals surface area contributed by atoms with E-state index in [1.165, 1.54) is 15.6 Å². The van der Waals surface area contributed by atoms with Crippen LogP contribution in [-0.4, -0.2) is 81.5 Å². The first kappa shape index (κ1) is 32.8. The second-order valence-electron chi connectivity index (χ2n) is 11.1. The molecule has 0 bridgehead atoms. The second-order valence-corrected chi connectivity index (χ2v) is 20.1. The fourth-order valence-corrected chi connectivity index (χ4v) is 17.3. The van der Waals surface area contributed by atoms with Gasteiger partial charge in [0, 0.05) is 10.2 Å². The van der Waals surface area contributed by atoms with Gasteiger partial charge in [-0.15, -0.1) is 0 Å². The van der Waals surface area contributed by atoms with E-state index >= 15 is 0 Å². The monoisotopic (exact) mass is 628 g/mol. The van der Waals surface area contributed by atoms with Crippen molar-refractivity contribution in [3.8, 4) is 34.5 Å². The Morgan fingerprint density at radius 1 is 0.488 bits per heavy atom. The van der Waals surface area contributed by atoms with Crippen LogP contribution in [0, 0.1) is 0 Å². The molecule has 224 valence electrons. The van der Waals surface area contributed by atoms with Crippen LogP contribution in [-0.2, 0) is 0 Å². The molecule has 3 aromatic carbocycles. The number of rotatable bonds is 15. The van der Waals surface area contributed by atoms with Crippen LogP contribution >= 0.6 is 0 Å². The first-order chi connectivity index (χ1) is 19.7. The minimum Gasteiger partial charge on any atom is -0.493 e. The Hall–Kier alpha value is -2.67. The van der Waals surface area contributed by atoms with Gasteiger partial charge < -0.3 is 28.4 Å². The Bertz CT molecular complexity index is 1130. The van der Waals surface area contributed by atoms with E-state index in [2.05, 4.69) is 57.2 Å². The van der Waals surface area contributed by atoms with Gasteiger partial charge in [-0.05, 0) is 55.4 Å². The predicted molar refractivity (Wildman–Crippen MR) is 184 cm³/mol. The van der Waals surface area contributed by atoms with Crippen molar-refractivity contribution in [2.24, 2.45) is 0 Å². The van der Waals surface area contributed by atoms with Gasteiger partial charge >= 0.3 is 0 Å². The first-order valence-electron chi connectivity index (χ1n) is 14.3. The number of para-hydroxylation sites is 3. The smallest absolute Gasteiger partial charge is 0.160 e. The number of hydrogen-bond acceptors (Lipinski definition) is 6. The lowest BCUT2D eigenvalue weighted by atomic mass is 9.96. The summed E-state index contributed by atoms with van der Waals surface area (Å²) in [6.07, 6.45) is 0. The Balaban J connectivity index is 2.06. The predicted octanol–water partition coefficient (Wildman–Crippen LogP) is 1.47. The topological polar surface area (TPSA) is 55.4 Å². The normalized spacial score (nSPS) is 15.7. The number of ether oxygens (including phenoxy) is 6. The Kier molecular flexibility index (Phi) is 12.0. The summed E-state index contributed by atoms with van der Waals surface area (Å²) < 4.78 is 34.6. The third kappa shape index (κ3) is 7.04. The van der Waals surface area contributed by atoms with Crippen molar-refractivity contribution in [1.82, 2.24) is 0 Å². The average molecular weight is 629 g/mol. The van der Waals surface area contributed by atoms with Crippen LogP contribution in [0.2, 0.25) is 21.7 Å². The van der Waals surface area contributed by atoms with Gasteiger partial charge in [0.2, 0.25) is 0 Å². The highest BCUT2D eigenvalue weighted by molar-refractivity contribution is 6.63. The lowest BCUT2D eigenvalue weighted by Crippen LogP contribution is -2.41. The van der Waals surface area contributed by atoms with Crippen LogP contribution in [0.25, 0.3) is 0 Å². The zero-order valence-corrected chi connectivity index (χ0v) is 32.7. The number of benzene rings is 3. The summed E-state index contributed by atoms with van der Waals surface area (Å²) in [6, 6.07) is 19.0. The van der Waals surface area contributed by atoms with E-state index in [-0.39, 0.29) is 5.04 Å². The molecule has 0 saturated heterocycles. The molecular weight excluding hydrogens is 581 g/mol. The van der Waals surface area contributed by atoms with Crippen molar-refractivity contribution in [2.45, 2.75) is 42.4 Å². The minimum atomic E-state index is -0.718. The molecule has 0 N–H and O–H groups in total. The molecule has 3 aromatic rings. The molecule has 3 rings (SSSR count). The number of hydrogen-bond donors (Lipinski definition) is 0. The van der Waals surface area contributed by atoms with Gasteiger partial charge in [-0.1, -0.05) is 57.2 Å². The molecule has 0 aliphatic carbocycles. The molecule has 0 aliphatic rings. The maximum absolute atomic E-state index is 5.88. The SMILES string of the molecule is COc1cccc([SiH2]C(C)C([SiH3])(C(C)[SiH2]c2cccc(OC)c2OC)C(C)[SiH2]c2cccc(OC)c2OC)c1OC. The zero-order valence-electron chi connectivity index (χ0n) is 26.5. The lowest BCUT2D eigenvalue weighted by molar-refractivity contribution is 0.357. The minimum absolute atomic E-state index is 0.223. The fraction of sp³-hybridized carbons (Fsp3) is 0.419. The molecule has 0 amide bonds. The highest BCUT2D eigenvalue weighted by atomic mass is 28.2. The first-order valence-corrected chi connectivity index (χ1v) is 19.9. The molecule has 0 heterocycles.